The van der Waals surface area contributed by atoms with Crippen LogP contribution in [-0.2, 0) is 26.0 Å². The van der Waals surface area contributed by atoms with E-state index in [0.717, 1.165) is 12.1 Å². The number of amides is 1. The number of aromatic nitrogens is 2. The summed E-state index contributed by atoms with van der Waals surface area (Å²) in [5.41, 5.74) is -1.63. The predicted octanol–water partition coefficient (Wildman–Crippen LogP) is 4.54. The topological polar surface area (TPSA) is 65.4 Å². The maximum Gasteiger partial charge on any atom is 0.522 e. The lowest BCUT2D eigenvalue weighted by Crippen LogP contribution is -2.78. The Hall–Kier alpha value is -2.67. The molecule has 4 aliphatic carbocycles. The monoisotopic (exact) mass is 507 g/mol. The highest BCUT2D eigenvalue weighted by Crippen LogP contribution is 2.65. The van der Waals surface area contributed by atoms with Gasteiger partial charge in [-0.3, -0.25) is 9.53 Å². The van der Waals surface area contributed by atoms with Crippen molar-refractivity contribution >= 4 is 5.91 Å². The molecule has 2 bridgehead atoms. The van der Waals surface area contributed by atoms with E-state index in [0.29, 0.717) is 25.3 Å². The van der Waals surface area contributed by atoms with Crippen molar-refractivity contribution in [3.05, 3.63) is 42.1 Å². The van der Waals surface area contributed by atoms with E-state index in [-0.39, 0.29) is 42.2 Å². The van der Waals surface area contributed by atoms with Crippen molar-refractivity contribution < 1.29 is 45.0 Å². The first-order chi connectivity index (χ1) is 16.3. The molecule has 1 heterocycles. The molecular formula is C22H20F7N3O3. The number of ether oxygens (including phenoxy) is 2. The van der Waals surface area contributed by atoms with Crippen LogP contribution in [-0.4, -0.2) is 46.2 Å². The predicted molar refractivity (Wildman–Crippen MR) is 105 cm³/mol. The summed E-state index contributed by atoms with van der Waals surface area (Å²) in [6.07, 6.45) is -5.71. The van der Waals surface area contributed by atoms with E-state index in [1.165, 1.54) is 6.33 Å². The second-order valence-electron chi connectivity index (χ2n) is 9.53. The maximum atomic E-state index is 14.3. The zero-order valence-electron chi connectivity index (χ0n) is 18.0. The lowest BCUT2D eigenvalue weighted by atomic mass is 9.44. The van der Waals surface area contributed by atoms with Gasteiger partial charge >= 0.3 is 12.5 Å². The van der Waals surface area contributed by atoms with Crippen LogP contribution in [0, 0.1) is 5.82 Å². The standard InChI is InChI=1S/C22H20F7N3O3/c23-16-3-12(21(24,25)26)1-2-15(16)17-6-32(11-30-17)20-8-19(9-20,10-20)31-18(33)7-34-13-4-14(5-13)35-22(27,28)29/h1-3,6,11,13-14H,4-5,7-10H2,(H,31,33)/t13-,14+,19?,20?. The van der Waals surface area contributed by atoms with Gasteiger partial charge in [0.2, 0.25) is 5.91 Å². The van der Waals surface area contributed by atoms with E-state index in [4.69, 9.17) is 4.74 Å². The number of benzene rings is 1. The van der Waals surface area contributed by atoms with Crippen molar-refractivity contribution in [3.63, 3.8) is 0 Å². The molecule has 0 radical (unpaired) electrons. The Morgan fingerprint density at radius 3 is 2.40 bits per heavy atom. The van der Waals surface area contributed by atoms with E-state index in [2.05, 4.69) is 15.0 Å². The molecule has 4 saturated carbocycles. The largest absolute Gasteiger partial charge is 0.522 e. The molecular weight excluding hydrogens is 487 g/mol. The number of halogens is 7. The Morgan fingerprint density at radius 1 is 1.11 bits per heavy atom. The first-order valence-electron chi connectivity index (χ1n) is 10.8. The van der Waals surface area contributed by atoms with Gasteiger partial charge in [-0.15, -0.1) is 13.2 Å². The van der Waals surface area contributed by atoms with E-state index >= 15 is 0 Å². The van der Waals surface area contributed by atoms with E-state index in [1.54, 1.807) is 10.8 Å². The molecule has 35 heavy (non-hydrogen) atoms. The fourth-order valence-electron chi connectivity index (χ4n) is 5.23. The lowest BCUT2D eigenvalue weighted by Gasteiger charge is -2.70. The number of carbonyl (C=O) groups is 1. The molecule has 0 atom stereocenters. The van der Waals surface area contributed by atoms with E-state index < -0.39 is 41.7 Å². The summed E-state index contributed by atoms with van der Waals surface area (Å²) in [4.78, 5) is 16.4. The Labute approximate surface area is 194 Å². The van der Waals surface area contributed by atoms with Crippen molar-refractivity contribution in [1.29, 1.82) is 0 Å². The number of rotatable bonds is 7. The summed E-state index contributed by atoms with van der Waals surface area (Å²) in [5, 5.41) is 2.90. The lowest BCUT2D eigenvalue weighted by molar-refractivity contribution is -0.357. The maximum absolute atomic E-state index is 14.3. The molecule has 1 amide bonds. The van der Waals surface area contributed by atoms with Crippen LogP contribution < -0.4 is 5.32 Å². The molecule has 1 N–H and O–H groups in total. The molecule has 6 rings (SSSR count). The summed E-state index contributed by atoms with van der Waals surface area (Å²) in [7, 11) is 0. The number of imidazole rings is 1. The van der Waals surface area contributed by atoms with Crippen molar-refractivity contribution in [3.8, 4) is 11.3 Å². The molecule has 13 heteroatoms. The third-order valence-electron chi connectivity index (χ3n) is 6.91. The van der Waals surface area contributed by atoms with Crippen LogP contribution in [0.4, 0.5) is 30.7 Å². The zero-order valence-corrected chi connectivity index (χ0v) is 18.0. The van der Waals surface area contributed by atoms with Gasteiger partial charge in [-0.1, -0.05) is 0 Å². The van der Waals surface area contributed by atoms with Gasteiger partial charge in [-0.2, -0.15) is 13.2 Å². The normalized spacial score (nSPS) is 29.7. The molecule has 0 unspecified atom stereocenters. The summed E-state index contributed by atoms with van der Waals surface area (Å²) in [5.74, 6) is -1.38. The molecule has 0 spiro atoms. The molecule has 2 aromatic rings. The molecule has 6 nitrogen and oxygen atoms in total. The summed E-state index contributed by atoms with van der Waals surface area (Å²) >= 11 is 0. The SMILES string of the molecule is O=C(CO[C@H]1C[C@@H](OC(F)(F)F)C1)NC12CC(n3cnc(-c4ccc(C(F)(F)F)cc4F)c3)(C1)C2. The van der Waals surface area contributed by atoms with E-state index in [1.807, 2.05) is 0 Å². The van der Waals surface area contributed by atoms with Crippen LogP contribution in [0.2, 0.25) is 0 Å². The molecule has 190 valence electrons. The fraction of sp³-hybridized carbons (Fsp3) is 0.545. The first kappa shape index (κ1) is 24.0. The molecule has 4 fully saturated rings. The third kappa shape index (κ3) is 4.63. The van der Waals surface area contributed by atoms with Crippen LogP contribution >= 0.6 is 0 Å². The Bertz CT molecular complexity index is 1120. The number of hydrogen-bond acceptors (Lipinski definition) is 4. The minimum Gasteiger partial charge on any atom is -0.368 e. The highest BCUT2D eigenvalue weighted by Gasteiger charge is 2.69. The fourth-order valence-corrected chi connectivity index (χ4v) is 5.23. The van der Waals surface area contributed by atoms with Crippen LogP contribution in [0.25, 0.3) is 11.3 Å². The molecule has 0 aliphatic heterocycles. The van der Waals surface area contributed by atoms with Crippen LogP contribution in [0.15, 0.2) is 30.7 Å². The highest BCUT2D eigenvalue weighted by atomic mass is 19.4. The van der Waals surface area contributed by atoms with Gasteiger partial charge in [0.1, 0.15) is 12.4 Å². The number of nitrogens with one attached hydrogen (secondary N) is 1. The highest BCUT2D eigenvalue weighted by molar-refractivity contribution is 5.79. The van der Waals surface area contributed by atoms with Gasteiger partial charge in [0.05, 0.1) is 35.3 Å². The minimum absolute atomic E-state index is 0.0395. The first-order valence-corrected chi connectivity index (χ1v) is 10.8. The molecule has 1 aromatic heterocycles. The van der Waals surface area contributed by atoms with Gasteiger partial charge < -0.3 is 14.6 Å². The summed E-state index contributed by atoms with van der Waals surface area (Å²) < 4.78 is 99.9. The molecule has 1 aromatic carbocycles. The average Bonchev–Trinajstić information content (AvgIpc) is 3.13. The van der Waals surface area contributed by atoms with Crippen molar-refractivity contribution in [2.75, 3.05) is 6.61 Å². The van der Waals surface area contributed by atoms with Crippen molar-refractivity contribution in [1.82, 2.24) is 14.9 Å². The Morgan fingerprint density at radius 2 is 1.80 bits per heavy atom. The van der Waals surface area contributed by atoms with Gasteiger partial charge in [0.15, 0.2) is 0 Å². The van der Waals surface area contributed by atoms with Crippen molar-refractivity contribution in [2.24, 2.45) is 0 Å². The van der Waals surface area contributed by atoms with Crippen LogP contribution in [0.5, 0.6) is 0 Å². The zero-order chi connectivity index (χ0) is 25.2. The Balaban J connectivity index is 1.10. The molecule has 0 saturated heterocycles. The second-order valence-corrected chi connectivity index (χ2v) is 9.53. The Kier molecular flexibility index (Phi) is 5.44. The quantitative estimate of drug-likeness (QED) is 0.559. The average molecular weight is 507 g/mol. The number of nitrogens with zero attached hydrogens (tertiary/aromatic N) is 2. The summed E-state index contributed by atoms with van der Waals surface area (Å²) in [6.45, 7) is -0.263. The number of carbonyl (C=O) groups excluding carboxylic acids is 1. The molecule has 4 aliphatic rings. The third-order valence-corrected chi connectivity index (χ3v) is 6.91. The number of hydrogen-bond donors (Lipinski definition) is 1. The van der Waals surface area contributed by atoms with Gasteiger partial charge in [-0.05, 0) is 37.5 Å². The smallest absolute Gasteiger partial charge is 0.368 e. The van der Waals surface area contributed by atoms with Crippen LogP contribution in [0.3, 0.4) is 0 Å². The second kappa shape index (κ2) is 7.92. The number of alkyl halides is 6. The van der Waals surface area contributed by atoms with Gasteiger partial charge in [-0.25, -0.2) is 9.37 Å². The van der Waals surface area contributed by atoms with Crippen LogP contribution in [0.1, 0.15) is 37.7 Å². The van der Waals surface area contributed by atoms with E-state index in [9.17, 15) is 35.5 Å². The van der Waals surface area contributed by atoms with Gasteiger partial charge in [0.25, 0.3) is 0 Å². The van der Waals surface area contributed by atoms with Gasteiger partial charge in [0, 0.05) is 30.1 Å². The minimum atomic E-state index is -4.69. The van der Waals surface area contributed by atoms with Crippen molar-refractivity contribution in [2.45, 2.75) is 67.9 Å². The summed E-state index contributed by atoms with van der Waals surface area (Å²) in [6, 6.07) is 2.29.